The normalized spacial score (nSPS) is 10.5. The summed E-state index contributed by atoms with van der Waals surface area (Å²) in [5.74, 6) is -0.431. The Morgan fingerprint density at radius 1 is 1.55 bits per heavy atom. The van der Waals surface area contributed by atoms with E-state index < -0.39 is 12.0 Å². The smallest absolute Gasteiger partial charge is 0.324 e. The Hall–Kier alpha value is -0.0300. The summed E-state index contributed by atoms with van der Waals surface area (Å²) in [6.45, 7) is 2.21. The van der Waals surface area contributed by atoms with Crippen LogP contribution in [0.2, 0.25) is 0 Å². The molecule has 0 heterocycles. The van der Waals surface area contributed by atoms with Gasteiger partial charge in [-0.3, -0.25) is 4.79 Å². The molecule has 0 radical (unpaired) electrons. The second-order valence-electron chi connectivity index (χ2n) is 1.59. The average Bonchev–Trinajstić information content (AvgIpc) is 1.87. The third-order valence-corrected chi connectivity index (χ3v) is 0.843. The molecule has 70 valence electrons. The molecule has 0 amide bonds. The molecule has 1 atom stereocenters. The summed E-state index contributed by atoms with van der Waals surface area (Å²) in [6, 6.07) is -0.662. The topological polar surface area (TPSA) is 78.3 Å². The van der Waals surface area contributed by atoms with Gasteiger partial charge in [-0.1, -0.05) is 0 Å². The summed E-state index contributed by atoms with van der Waals surface area (Å²) >= 11 is 0. The Morgan fingerprint density at radius 3 is 2.27 bits per heavy atom. The molecule has 0 aromatic rings. The van der Waals surface area contributed by atoms with Gasteiger partial charge < -0.3 is 16.2 Å². The molecule has 0 spiro atoms. The van der Waals surface area contributed by atoms with Crippen molar-refractivity contribution in [3.8, 4) is 0 Å². The Bertz CT molecular complexity index is 102. The van der Waals surface area contributed by atoms with Crippen LogP contribution in [0.4, 0.5) is 0 Å². The van der Waals surface area contributed by atoms with Crippen LogP contribution in [0.3, 0.4) is 0 Å². The number of rotatable bonds is 3. The first-order valence-corrected chi connectivity index (χ1v) is 2.84. The van der Waals surface area contributed by atoms with Crippen molar-refractivity contribution in [3.63, 3.8) is 0 Å². The molecule has 0 aliphatic heterocycles. The molecule has 0 aliphatic carbocycles. The molecular formula is C5H14Cl2N2O2. The van der Waals surface area contributed by atoms with Crippen LogP contribution in [0.15, 0.2) is 0 Å². The first kappa shape index (κ1) is 17.2. The number of carbonyl (C=O) groups is 1. The molecule has 4 N–H and O–H groups in total. The number of hydrogen-bond donors (Lipinski definition) is 2. The van der Waals surface area contributed by atoms with E-state index in [0.717, 1.165) is 0 Å². The summed E-state index contributed by atoms with van der Waals surface area (Å²) in [5, 5.41) is 0. The first-order chi connectivity index (χ1) is 4.22. The van der Waals surface area contributed by atoms with Gasteiger partial charge in [0.05, 0.1) is 6.61 Å². The van der Waals surface area contributed by atoms with Crippen molar-refractivity contribution in [2.24, 2.45) is 11.5 Å². The number of hydrogen-bond acceptors (Lipinski definition) is 4. The maximum atomic E-state index is 10.5. The minimum atomic E-state index is -0.662. The lowest BCUT2D eigenvalue weighted by Crippen LogP contribution is -2.39. The molecule has 4 nitrogen and oxygen atoms in total. The van der Waals surface area contributed by atoms with E-state index in [4.69, 9.17) is 11.5 Å². The van der Waals surface area contributed by atoms with E-state index >= 15 is 0 Å². The van der Waals surface area contributed by atoms with Crippen molar-refractivity contribution in [1.29, 1.82) is 0 Å². The monoisotopic (exact) mass is 204 g/mol. The van der Waals surface area contributed by atoms with Crippen molar-refractivity contribution in [2.45, 2.75) is 13.0 Å². The van der Waals surface area contributed by atoms with Crippen molar-refractivity contribution in [1.82, 2.24) is 0 Å². The largest absolute Gasteiger partial charge is 0.465 e. The van der Waals surface area contributed by atoms with Crippen molar-refractivity contribution >= 4 is 30.8 Å². The van der Waals surface area contributed by atoms with E-state index in [1.807, 2.05) is 0 Å². The van der Waals surface area contributed by atoms with Gasteiger partial charge in [-0.15, -0.1) is 24.8 Å². The number of esters is 1. The van der Waals surface area contributed by atoms with Gasteiger partial charge >= 0.3 is 5.97 Å². The quantitative estimate of drug-likeness (QED) is 0.619. The predicted molar refractivity (Wildman–Crippen MR) is 48.2 cm³/mol. The van der Waals surface area contributed by atoms with E-state index in [2.05, 4.69) is 4.74 Å². The molecule has 6 heteroatoms. The maximum absolute atomic E-state index is 10.5. The fourth-order valence-electron chi connectivity index (χ4n) is 0.346. The zero-order valence-electron chi connectivity index (χ0n) is 6.28. The van der Waals surface area contributed by atoms with E-state index in [1.165, 1.54) is 0 Å². The second-order valence-corrected chi connectivity index (χ2v) is 1.59. The molecule has 11 heavy (non-hydrogen) atoms. The number of halogens is 2. The molecule has 0 aromatic heterocycles. The molecule has 0 aromatic carbocycles. The third-order valence-electron chi connectivity index (χ3n) is 0.843. The fraction of sp³-hybridized carbons (Fsp3) is 0.800. The summed E-state index contributed by atoms with van der Waals surface area (Å²) in [6.07, 6.45) is 0. The van der Waals surface area contributed by atoms with Gasteiger partial charge in [-0.05, 0) is 6.92 Å². The lowest BCUT2D eigenvalue weighted by atomic mass is 10.3. The van der Waals surface area contributed by atoms with Crippen LogP contribution in [-0.4, -0.2) is 25.2 Å². The molecule has 0 saturated heterocycles. The molecule has 0 aliphatic rings. The molecular weight excluding hydrogens is 191 g/mol. The van der Waals surface area contributed by atoms with E-state index in [0.29, 0.717) is 6.61 Å². The summed E-state index contributed by atoms with van der Waals surface area (Å²) in [7, 11) is 0. The highest BCUT2D eigenvalue weighted by molar-refractivity contribution is 5.85. The van der Waals surface area contributed by atoms with Crippen molar-refractivity contribution in [3.05, 3.63) is 0 Å². The van der Waals surface area contributed by atoms with Crippen LogP contribution >= 0.6 is 24.8 Å². The van der Waals surface area contributed by atoms with Crippen LogP contribution in [0.25, 0.3) is 0 Å². The van der Waals surface area contributed by atoms with Gasteiger partial charge in [0.2, 0.25) is 0 Å². The molecule has 0 unspecified atom stereocenters. The van der Waals surface area contributed by atoms with Gasteiger partial charge in [0.15, 0.2) is 0 Å². The Balaban J connectivity index is -0.000000320. The second kappa shape index (κ2) is 9.97. The molecule has 0 bridgehead atoms. The van der Waals surface area contributed by atoms with Gasteiger partial charge in [-0.2, -0.15) is 0 Å². The van der Waals surface area contributed by atoms with Crippen molar-refractivity contribution < 1.29 is 9.53 Å². The molecule has 0 saturated carbocycles. The highest BCUT2D eigenvalue weighted by Gasteiger charge is 2.10. The highest BCUT2D eigenvalue weighted by Crippen LogP contribution is 1.80. The Labute approximate surface area is 78.5 Å². The van der Waals surface area contributed by atoms with Gasteiger partial charge in [0.25, 0.3) is 0 Å². The van der Waals surface area contributed by atoms with Crippen LogP contribution < -0.4 is 11.5 Å². The van der Waals surface area contributed by atoms with Crippen LogP contribution in [-0.2, 0) is 9.53 Å². The predicted octanol–water partition coefficient (Wildman–Crippen LogP) is -0.321. The molecule has 0 fully saturated rings. The van der Waals surface area contributed by atoms with Crippen molar-refractivity contribution in [2.75, 3.05) is 13.2 Å². The standard InChI is InChI=1S/C5H12N2O2.2ClH/c1-2-9-5(8)4(7)3-6;;/h4H,2-3,6-7H2,1H3;2*1H/t4-;;/m0../s1. The van der Waals surface area contributed by atoms with Gasteiger partial charge in [0, 0.05) is 6.54 Å². The van der Waals surface area contributed by atoms with Crippen LogP contribution in [0.5, 0.6) is 0 Å². The van der Waals surface area contributed by atoms with Crippen LogP contribution in [0, 0.1) is 0 Å². The SMILES string of the molecule is CCOC(=O)[C@@H](N)CN.Cl.Cl. The Morgan fingerprint density at radius 2 is 2.00 bits per heavy atom. The molecule has 0 rings (SSSR count). The number of ether oxygens (including phenoxy) is 1. The van der Waals surface area contributed by atoms with E-state index in [1.54, 1.807) is 6.92 Å². The first-order valence-electron chi connectivity index (χ1n) is 2.84. The summed E-state index contributed by atoms with van der Waals surface area (Å²) < 4.78 is 4.55. The minimum Gasteiger partial charge on any atom is -0.465 e. The summed E-state index contributed by atoms with van der Waals surface area (Å²) in [5.41, 5.74) is 10.3. The van der Waals surface area contributed by atoms with E-state index in [-0.39, 0.29) is 31.4 Å². The van der Waals surface area contributed by atoms with E-state index in [9.17, 15) is 4.79 Å². The summed E-state index contributed by atoms with van der Waals surface area (Å²) in [4.78, 5) is 10.5. The highest BCUT2D eigenvalue weighted by atomic mass is 35.5. The third kappa shape index (κ3) is 7.87. The van der Waals surface area contributed by atoms with Crippen LogP contribution in [0.1, 0.15) is 6.92 Å². The fourth-order valence-corrected chi connectivity index (χ4v) is 0.346. The lowest BCUT2D eigenvalue weighted by molar-refractivity contribution is -0.144. The zero-order valence-corrected chi connectivity index (χ0v) is 7.91. The number of nitrogens with two attached hydrogens (primary N) is 2. The van der Waals surface area contributed by atoms with Gasteiger partial charge in [-0.25, -0.2) is 0 Å². The zero-order chi connectivity index (χ0) is 7.28. The lowest BCUT2D eigenvalue weighted by Gasteiger charge is -2.05. The minimum absolute atomic E-state index is 0. The van der Waals surface area contributed by atoms with Gasteiger partial charge in [0.1, 0.15) is 6.04 Å². The maximum Gasteiger partial charge on any atom is 0.324 e. The Kier molecular flexibility index (Phi) is 15.6. The number of carbonyl (C=O) groups excluding carboxylic acids is 1. The average molecular weight is 205 g/mol.